The number of carbonyl (C=O) groups excluding carboxylic acids is 1. The van der Waals surface area contributed by atoms with Gasteiger partial charge in [0.05, 0.1) is 20.3 Å². The van der Waals surface area contributed by atoms with Crippen molar-refractivity contribution in [2.24, 2.45) is 0 Å². The molecular formula is C27H32N2O4. The molecule has 6 heteroatoms. The standard InChI is InChI=1S/C27H32N2O4/c1-32-26-13-11-20(16-27(26)33-2)25(31)12-10-21-17-29(24-9-5-4-8-23(21)24)19-22(30)18-28-14-6-3-7-15-28/h4-5,8-13,16-17,22,30H,3,6-7,14-15,18-19H2,1-2H3/b12-10-/t22-/m0/s1. The Balaban J connectivity index is 1.52. The second kappa shape index (κ2) is 10.7. The fourth-order valence-electron chi connectivity index (χ4n) is 4.54. The van der Waals surface area contributed by atoms with Crippen LogP contribution in [0.5, 0.6) is 11.5 Å². The minimum Gasteiger partial charge on any atom is -0.493 e. The number of hydrogen-bond donors (Lipinski definition) is 1. The number of ketones is 1. The van der Waals surface area contributed by atoms with Gasteiger partial charge in [0.15, 0.2) is 17.3 Å². The van der Waals surface area contributed by atoms with Crippen LogP contribution in [0.2, 0.25) is 0 Å². The number of aromatic nitrogens is 1. The molecule has 1 aliphatic heterocycles. The van der Waals surface area contributed by atoms with Crippen molar-refractivity contribution in [1.82, 2.24) is 9.47 Å². The molecular weight excluding hydrogens is 416 g/mol. The zero-order chi connectivity index (χ0) is 23.2. The van der Waals surface area contributed by atoms with Crippen LogP contribution < -0.4 is 9.47 Å². The van der Waals surface area contributed by atoms with Crippen molar-refractivity contribution in [2.45, 2.75) is 31.9 Å². The molecule has 4 rings (SSSR count). The van der Waals surface area contributed by atoms with E-state index in [-0.39, 0.29) is 5.78 Å². The number of aliphatic hydroxyl groups excluding tert-OH is 1. The molecule has 0 bridgehead atoms. The summed E-state index contributed by atoms with van der Waals surface area (Å²) in [4.78, 5) is 15.1. The SMILES string of the molecule is COc1ccc(C(=O)/C=C\c2cn(C[C@@H](O)CN3CCCCC3)c3ccccc23)cc1OC. The number of benzene rings is 2. The maximum atomic E-state index is 12.8. The molecule has 3 aromatic rings. The number of hydrogen-bond acceptors (Lipinski definition) is 5. The molecule has 6 nitrogen and oxygen atoms in total. The van der Waals surface area contributed by atoms with Crippen LogP contribution in [0.15, 0.2) is 54.7 Å². The van der Waals surface area contributed by atoms with Crippen LogP contribution in [0.25, 0.3) is 17.0 Å². The zero-order valence-electron chi connectivity index (χ0n) is 19.4. The number of nitrogens with zero attached hydrogens (tertiary/aromatic N) is 2. The van der Waals surface area contributed by atoms with Crippen LogP contribution >= 0.6 is 0 Å². The van der Waals surface area contributed by atoms with Crippen molar-refractivity contribution in [3.8, 4) is 11.5 Å². The third kappa shape index (κ3) is 5.46. The molecule has 1 aromatic heterocycles. The average Bonchev–Trinajstić information content (AvgIpc) is 3.19. The van der Waals surface area contributed by atoms with Gasteiger partial charge in [0.25, 0.3) is 0 Å². The Bertz CT molecular complexity index is 1130. The van der Waals surface area contributed by atoms with Crippen molar-refractivity contribution in [3.63, 3.8) is 0 Å². The van der Waals surface area contributed by atoms with Crippen molar-refractivity contribution in [1.29, 1.82) is 0 Å². The highest BCUT2D eigenvalue weighted by molar-refractivity contribution is 6.08. The summed E-state index contributed by atoms with van der Waals surface area (Å²) < 4.78 is 12.6. The Labute approximate surface area is 195 Å². The van der Waals surface area contributed by atoms with Crippen LogP contribution in [0, 0.1) is 0 Å². The van der Waals surface area contributed by atoms with Crippen LogP contribution in [0.4, 0.5) is 0 Å². The maximum absolute atomic E-state index is 12.8. The molecule has 0 amide bonds. The minimum absolute atomic E-state index is 0.113. The van der Waals surface area contributed by atoms with Gasteiger partial charge in [0, 0.05) is 41.3 Å². The molecule has 1 aliphatic rings. The molecule has 0 aliphatic carbocycles. The predicted molar refractivity (Wildman–Crippen MR) is 131 cm³/mol. The lowest BCUT2D eigenvalue weighted by Crippen LogP contribution is -2.37. The molecule has 1 fully saturated rings. The molecule has 0 saturated carbocycles. The van der Waals surface area contributed by atoms with Crippen molar-refractivity contribution < 1.29 is 19.4 Å². The van der Waals surface area contributed by atoms with E-state index in [1.807, 2.05) is 30.5 Å². The second-order valence-electron chi connectivity index (χ2n) is 8.54. The molecule has 2 heterocycles. The number of likely N-dealkylation sites (tertiary alicyclic amines) is 1. The van der Waals surface area contributed by atoms with E-state index in [0.717, 1.165) is 29.6 Å². The summed E-state index contributed by atoms with van der Waals surface area (Å²) in [5.74, 6) is 0.998. The van der Waals surface area contributed by atoms with Crippen LogP contribution in [0.1, 0.15) is 35.2 Å². The second-order valence-corrected chi connectivity index (χ2v) is 8.54. The predicted octanol–water partition coefficient (Wildman–Crippen LogP) is 4.40. The van der Waals surface area contributed by atoms with Gasteiger partial charge in [0.2, 0.25) is 0 Å². The molecule has 0 radical (unpaired) electrons. The van der Waals surface area contributed by atoms with Gasteiger partial charge in [-0.05, 0) is 62.3 Å². The molecule has 0 unspecified atom stereocenters. The quantitative estimate of drug-likeness (QED) is 0.388. The fraction of sp³-hybridized carbons (Fsp3) is 0.370. The summed E-state index contributed by atoms with van der Waals surface area (Å²) in [6, 6.07) is 13.2. The topological polar surface area (TPSA) is 63.9 Å². The van der Waals surface area contributed by atoms with E-state index in [9.17, 15) is 9.90 Å². The van der Waals surface area contributed by atoms with E-state index in [0.29, 0.717) is 30.2 Å². The molecule has 0 spiro atoms. The average molecular weight is 449 g/mol. The van der Waals surface area contributed by atoms with Crippen LogP contribution in [-0.4, -0.2) is 60.3 Å². The number of ether oxygens (including phenoxy) is 2. The zero-order valence-corrected chi connectivity index (χ0v) is 19.4. The summed E-state index contributed by atoms with van der Waals surface area (Å²) in [5.41, 5.74) is 2.53. The Morgan fingerprint density at radius 1 is 1.03 bits per heavy atom. The van der Waals surface area contributed by atoms with E-state index < -0.39 is 6.10 Å². The highest BCUT2D eigenvalue weighted by Gasteiger charge is 2.16. The first-order valence-electron chi connectivity index (χ1n) is 11.5. The summed E-state index contributed by atoms with van der Waals surface area (Å²) in [6.07, 6.45) is 8.70. The number of allylic oxidation sites excluding steroid dienone is 1. The third-order valence-electron chi connectivity index (χ3n) is 6.23. The van der Waals surface area contributed by atoms with Gasteiger partial charge in [-0.3, -0.25) is 4.79 Å². The first-order valence-corrected chi connectivity index (χ1v) is 11.5. The van der Waals surface area contributed by atoms with Gasteiger partial charge < -0.3 is 24.0 Å². The maximum Gasteiger partial charge on any atom is 0.185 e. The molecule has 1 N–H and O–H groups in total. The third-order valence-corrected chi connectivity index (χ3v) is 6.23. The molecule has 174 valence electrons. The minimum atomic E-state index is -0.441. The number of carbonyl (C=O) groups is 1. The summed E-state index contributed by atoms with van der Waals surface area (Å²) in [5, 5.41) is 11.8. The van der Waals surface area contributed by atoms with Gasteiger partial charge in [-0.15, -0.1) is 0 Å². The fourth-order valence-corrected chi connectivity index (χ4v) is 4.54. The van der Waals surface area contributed by atoms with E-state index in [2.05, 4.69) is 15.5 Å². The highest BCUT2D eigenvalue weighted by Crippen LogP contribution is 2.28. The number of β-amino-alcohol motifs (C(OH)–C–C–N with tert-alkyl or cyclic N) is 1. The van der Waals surface area contributed by atoms with Gasteiger partial charge in [-0.1, -0.05) is 24.6 Å². The first-order chi connectivity index (χ1) is 16.1. The lowest BCUT2D eigenvalue weighted by atomic mass is 10.1. The molecule has 1 saturated heterocycles. The number of para-hydroxylation sites is 1. The Kier molecular flexibility index (Phi) is 7.47. The molecule has 33 heavy (non-hydrogen) atoms. The summed E-state index contributed by atoms with van der Waals surface area (Å²) >= 11 is 0. The van der Waals surface area contributed by atoms with Crippen molar-refractivity contribution >= 4 is 22.8 Å². The normalized spacial score (nSPS) is 15.7. The Morgan fingerprint density at radius 2 is 1.79 bits per heavy atom. The largest absolute Gasteiger partial charge is 0.493 e. The number of rotatable bonds is 9. The number of piperidine rings is 1. The van der Waals surface area contributed by atoms with Gasteiger partial charge >= 0.3 is 0 Å². The number of aliphatic hydroxyl groups is 1. The van der Waals surface area contributed by atoms with E-state index in [1.165, 1.54) is 19.3 Å². The van der Waals surface area contributed by atoms with Gasteiger partial charge in [-0.2, -0.15) is 0 Å². The monoisotopic (exact) mass is 448 g/mol. The molecule has 2 aromatic carbocycles. The lowest BCUT2D eigenvalue weighted by Gasteiger charge is -2.28. The van der Waals surface area contributed by atoms with Crippen LogP contribution in [-0.2, 0) is 6.54 Å². The van der Waals surface area contributed by atoms with E-state index in [4.69, 9.17) is 9.47 Å². The first kappa shape index (κ1) is 23.1. The van der Waals surface area contributed by atoms with Crippen molar-refractivity contribution in [3.05, 3.63) is 65.9 Å². The smallest absolute Gasteiger partial charge is 0.185 e. The van der Waals surface area contributed by atoms with E-state index >= 15 is 0 Å². The van der Waals surface area contributed by atoms with Crippen molar-refractivity contribution in [2.75, 3.05) is 33.9 Å². The van der Waals surface area contributed by atoms with Gasteiger partial charge in [-0.25, -0.2) is 0 Å². The van der Waals surface area contributed by atoms with Gasteiger partial charge in [0.1, 0.15) is 0 Å². The Hall–Kier alpha value is -3.09. The number of methoxy groups -OCH3 is 2. The summed E-state index contributed by atoms with van der Waals surface area (Å²) in [7, 11) is 3.12. The number of fused-ring (bicyclic) bond motifs is 1. The highest BCUT2D eigenvalue weighted by atomic mass is 16.5. The van der Waals surface area contributed by atoms with Crippen LogP contribution in [0.3, 0.4) is 0 Å². The molecule has 1 atom stereocenters. The lowest BCUT2D eigenvalue weighted by molar-refractivity contribution is 0.0892. The summed E-state index contributed by atoms with van der Waals surface area (Å²) in [6.45, 7) is 3.34. The Morgan fingerprint density at radius 3 is 2.55 bits per heavy atom. The van der Waals surface area contributed by atoms with E-state index in [1.54, 1.807) is 38.5 Å².